The summed E-state index contributed by atoms with van der Waals surface area (Å²) in [7, 11) is 0. The van der Waals surface area contributed by atoms with E-state index in [1.165, 1.54) is 19.4 Å². The van der Waals surface area contributed by atoms with E-state index in [2.05, 4.69) is 40.7 Å². The van der Waals surface area contributed by atoms with Gasteiger partial charge in [0.2, 0.25) is 0 Å². The lowest BCUT2D eigenvalue weighted by Gasteiger charge is -2.66. The Hall–Kier alpha value is -0.860. The smallest absolute Gasteiger partial charge is 0.187 e. The zero-order valence-electron chi connectivity index (χ0n) is 34.9. The Bertz CT molecular complexity index is 1440. The third-order valence-corrected chi connectivity index (χ3v) is 16.7. The summed E-state index contributed by atoms with van der Waals surface area (Å²) in [6.07, 6.45) is -11.0. The van der Waals surface area contributed by atoms with Crippen molar-refractivity contribution in [1.29, 1.82) is 0 Å². The summed E-state index contributed by atoms with van der Waals surface area (Å²) >= 11 is 0. The van der Waals surface area contributed by atoms with Crippen LogP contribution in [0.2, 0.25) is 0 Å². The molecule has 2 heterocycles. The normalized spacial score (nSPS) is 49.5. The van der Waals surface area contributed by atoms with E-state index in [-0.39, 0.29) is 34.0 Å². The fraction of sp³-hybridized carbons (Fsp3) is 0.952. The van der Waals surface area contributed by atoms with Crippen LogP contribution in [-0.2, 0) is 18.9 Å². The molecule has 0 aromatic heterocycles. The summed E-state index contributed by atoms with van der Waals surface area (Å²) in [5.41, 5.74) is -0.959. The first-order valence-corrected chi connectivity index (χ1v) is 21.1. The monoisotopic (exact) mass is 816 g/mol. The third-order valence-electron chi connectivity index (χ3n) is 16.7. The van der Waals surface area contributed by atoms with Crippen LogP contribution in [0.25, 0.3) is 0 Å². The molecule has 0 spiro atoms. The molecule has 6 aliphatic rings. The van der Waals surface area contributed by atoms with Crippen molar-refractivity contribution in [2.24, 2.45) is 45.3 Å². The van der Waals surface area contributed by atoms with E-state index in [1.54, 1.807) is 0 Å². The molecule has 0 aromatic carbocycles. The van der Waals surface area contributed by atoms with Gasteiger partial charge >= 0.3 is 0 Å². The maximum absolute atomic E-state index is 11.4. The van der Waals surface area contributed by atoms with E-state index >= 15 is 0 Å². The molecule has 2 saturated heterocycles. The molecular weight excluding hydrogens is 744 g/mol. The minimum atomic E-state index is -1.67. The van der Waals surface area contributed by atoms with Gasteiger partial charge in [0.25, 0.3) is 0 Å². The Morgan fingerprint density at radius 1 is 0.754 bits per heavy atom. The second kappa shape index (κ2) is 16.1. The second-order valence-corrected chi connectivity index (χ2v) is 20.4. The van der Waals surface area contributed by atoms with Crippen LogP contribution in [0, 0.1) is 45.3 Å². The molecule has 0 radical (unpaired) electrons. The minimum absolute atomic E-state index is 0.0258. The Labute approximate surface area is 336 Å². The van der Waals surface area contributed by atoms with Crippen LogP contribution in [0.3, 0.4) is 0 Å². The molecule has 2 unspecified atom stereocenters. The lowest BCUT2D eigenvalue weighted by Crippen LogP contribution is -2.63. The molecule has 5 fully saturated rings. The maximum atomic E-state index is 11.4. The van der Waals surface area contributed by atoms with Gasteiger partial charge in [-0.05, 0) is 98.7 Å². The first kappa shape index (κ1) is 45.7. The summed E-state index contributed by atoms with van der Waals surface area (Å²) in [6, 6.07) is 0. The van der Waals surface area contributed by atoms with Crippen molar-refractivity contribution in [1.82, 2.24) is 0 Å². The van der Waals surface area contributed by atoms with Crippen molar-refractivity contribution in [3.8, 4) is 0 Å². The largest absolute Gasteiger partial charge is 0.394 e. The summed E-state index contributed by atoms with van der Waals surface area (Å²) in [6.45, 7) is 15.2. The highest BCUT2D eigenvalue weighted by atomic mass is 16.7. The average molecular weight is 817 g/mol. The number of hydrogen-bond acceptors (Lipinski definition) is 15. The summed E-state index contributed by atoms with van der Waals surface area (Å²) in [5, 5.41) is 116. The number of ether oxygens (including phenoxy) is 4. The van der Waals surface area contributed by atoms with Gasteiger partial charge < -0.3 is 75.1 Å². The van der Waals surface area contributed by atoms with Gasteiger partial charge in [-0.2, -0.15) is 0 Å². The van der Waals surface area contributed by atoms with E-state index in [0.717, 1.165) is 38.5 Å². The number of allylic oxidation sites excluding steroid dienone is 1. The number of rotatable bonds is 11. The summed E-state index contributed by atoms with van der Waals surface area (Å²) < 4.78 is 23.6. The number of aliphatic hydroxyl groups is 11. The number of aliphatic hydroxyl groups excluding tert-OH is 10. The van der Waals surface area contributed by atoms with E-state index < -0.39 is 110 Å². The van der Waals surface area contributed by atoms with Crippen molar-refractivity contribution in [2.45, 2.75) is 192 Å². The highest BCUT2D eigenvalue weighted by molar-refractivity contribution is 5.30. The van der Waals surface area contributed by atoms with Crippen LogP contribution >= 0.6 is 0 Å². The SMILES string of the molecule is C[C@H]([C@H](O)[C@@H](O)[C@@H](O)C(C)(C)O)[C@H]1CC[C@@]2(C)C3CC=C4[C@H](CCC(O[C@@H]5O[C@H](CO[C@@H]6O[C@H](CO)[C@H](O)[C@H](O)[C@H]6O)[C@H](O)[C@H](O)[C@H]5O)C4(C)C)[C@@]3(C)CC[C@]12C. The van der Waals surface area contributed by atoms with Gasteiger partial charge in [0.15, 0.2) is 12.6 Å². The first-order valence-electron chi connectivity index (χ1n) is 21.1. The fourth-order valence-corrected chi connectivity index (χ4v) is 12.7. The van der Waals surface area contributed by atoms with Gasteiger partial charge in [0.1, 0.15) is 61.0 Å². The van der Waals surface area contributed by atoms with Gasteiger partial charge in [-0.15, -0.1) is 0 Å². The molecular formula is C42H72O15. The van der Waals surface area contributed by atoms with E-state index in [1.807, 2.05) is 6.92 Å². The van der Waals surface area contributed by atoms with Gasteiger partial charge in [0, 0.05) is 5.41 Å². The number of fused-ring (bicyclic) bond motifs is 5. The Morgan fingerprint density at radius 2 is 1.35 bits per heavy atom. The summed E-state index contributed by atoms with van der Waals surface area (Å²) in [4.78, 5) is 0. The molecule has 11 N–H and O–H groups in total. The first-order chi connectivity index (χ1) is 26.4. The highest BCUT2D eigenvalue weighted by Crippen LogP contribution is 2.75. The molecule has 3 saturated carbocycles. The van der Waals surface area contributed by atoms with Gasteiger partial charge in [-0.3, -0.25) is 0 Å². The van der Waals surface area contributed by atoms with Crippen LogP contribution in [-0.4, -0.2) is 161 Å². The molecule has 4 aliphatic carbocycles. The van der Waals surface area contributed by atoms with Crippen molar-refractivity contribution in [2.75, 3.05) is 13.2 Å². The second-order valence-electron chi connectivity index (χ2n) is 20.4. The molecule has 2 aliphatic heterocycles. The topological polar surface area (TPSA) is 259 Å². The predicted molar refractivity (Wildman–Crippen MR) is 204 cm³/mol. The van der Waals surface area contributed by atoms with Crippen molar-refractivity contribution in [3.05, 3.63) is 11.6 Å². The van der Waals surface area contributed by atoms with Crippen LogP contribution in [0.1, 0.15) is 100 Å². The molecule has 21 atom stereocenters. The molecule has 57 heavy (non-hydrogen) atoms. The standard InChI is InChI=1S/C42H72O15/c1-19(27(44)32(49)35(52)39(4,5)53)20-13-14-42(8)25-11-9-21-22(40(25,6)15-16-41(20,42)7)10-12-26(38(21,2)3)57-37-34(51)31(48)29(46)24(56-37)18-54-36-33(50)30(47)28(45)23(17-43)55-36/h9,19-20,22-37,43-53H,10-18H2,1-8H3/t19-,20+,22-,23+,24+,25?,26?,27-,28-,29-,30-,31-,32+,33+,34+,35+,36+,37-,40+,41+,42-/m0/s1. The molecule has 330 valence electrons. The van der Waals surface area contributed by atoms with E-state index in [4.69, 9.17) is 18.9 Å². The molecule has 0 bridgehead atoms. The van der Waals surface area contributed by atoms with E-state index in [9.17, 15) is 56.2 Å². The fourth-order valence-electron chi connectivity index (χ4n) is 12.7. The van der Waals surface area contributed by atoms with Gasteiger partial charge in [-0.25, -0.2) is 0 Å². The predicted octanol–water partition coefficient (Wildman–Crippen LogP) is 0.0906. The highest BCUT2D eigenvalue weighted by Gasteiger charge is 2.68. The van der Waals surface area contributed by atoms with Crippen molar-refractivity contribution in [3.63, 3.8) is 0 Å². The Kier molecular flexibility index (Phi) is 12.9. The van der Waals surface area contributed by atoms with Crippen LogP contribution in [0.5, 0.6) is 0 Å². The van der Waals surface area contributed by atoms with Crippen LogP contribution in [0.15, 0.2) is 11.6 Å². The quantitative estimate of drug-likeness (QED) is 0.124. The molecule has 0 aromatic rings. The van der Waals surface area contributed by atoms with Crippen molar-refractivity contribution < 1.29 is 75.1 Å². The lowest BCUT2D eigenvalue weighted by atomic mass is 9.39. The van der Waals surface area contributed by atoms with Crippen molar-refractivity contribution >= 4 is 0 Å². The third kappa shape index (κ3) is 7.49. The molecule has 15 nitrogen and oxygen atoms in total. The lowest BCUT2D eigenvalue weighted by molar-refractivity contribution is -0.340. The Morgan fingerprint density at radius 3 is 1.96 bits per heavy atom. The molecule has 0 amide bonds. The van der Waals surface area contributed by atoms with E-state index in [0.29, 0.717) is 12.3 Å². The average Bonchev–Trinajstić information content (AvgIpc) is 3.43. The molecule has 6 rings (SSSR count). The zero-order valence-corrected chi connectivity index (χ0v) is 34.9. The molecule has 15 heteroatoms. The summed E-state index contributed by atoms with van der Waals surface area (Å²) in [5.74, 6) is 0.434. The zero-order chi connectivity index (χ0) is 42.4. The van der Waals surface area contributed by atoms with Gasteiger partial charge in [-0.1, -0.05) is 53.2 Å². The Balaban J connectivity index is 1.15. The van der Waals surface area contributed by atoms with Crippen LogP contribution in [0.4, 0.5) is 0 Å². The maximum Gasteiger partial charge on any atom is 0.187 e. The minimum Gasteiger partial charge on any atom is -0.394 e. The number of hydrogen-bond donors (Lipinski definition) is 11. The van der Waals surface area contributed by atoms with Gasteiger partial charge in [0.05, 0.1) is 31.0 Å². The van der Waals surface area contributed by atoms with Crippen LogP contribution < -0.4 is 0 Å².